The Balaban J connectivity index is 2.24. The predicted molar refractivity (Wildman–Crippen MR) is 75.8 cm³/mol. The maximum absolute atomic E-state index is 11.5. The predicted octanol–water partition coefficient (Wildman–Crippen LogP) is 1.93. The molecule has 0 bridgehead atoms. The molecule has 1 atom stereocenters. The van der Waals surface area contributed by atoms with Crippen molar-refractivity contribution in [3.63, 3.8) is 0 Å². The first-order valence-corrected chi connectivity index (χ1v) is 7.22. The van der Waals surface area contributed by atoms with E-state index >= 15 is 0 Å². The summed E-state index contributed by atoms with van der Waals surface area (Å²) in [6.07, 6.45) is 0.950. The van der Waals surface area contributed by atoms with E-state index in [1.54, 1.807) is 12.1 Å². The minimum absolute atomic E-state index is 0.0438. The minimum atomic E-state index is -0.341. The van der Waals surface area contributed by atoms with Gasteiger partial charge in [0, 0.05) is 11.4 Å². The Hall–Kier alpha value is -1.51. The zero-order valence-corrected chi connectivity index (χ0v) is 11.7. The summed E-state index contributed by atoms with van der Waals surface area (Å²) in [6.45, 7) is 2.41. The number of rotatable bonds is 7. The zero-order chi connectivity index (χ0) is 14.1. The highest BCUT2D eigenvalue weighted by atomic mass is 32.2. The number of aliphatic hydroxyl groups is 1. The third kappa shape index (κ3) is 6.27. The number of benzene rings is 1. The number of nitrogens with zero attached hydrogens (tertiary/aromatic N) is 1. The van der Waals surface area contributed by atoms with Gasteiger partial charge in [0.05, 0.1) is 23.5 Å². The van der Waals surface area contributed by atoms with Gasteiger partial charge in [-0.1, -0.05) is 6.92 Å². The quantitative estimate of drug-likeness (QED) is 0.747. The lowest BCUT2D eigenvalue weighted by atomic mass is 10.2. The molecule has 0 saturated carbocycles. The average Bonchev–Trinajstić information content (AvgIpc) is 2.45. The normalized spacial score (nSPS) is 11.6. The largest absolute Gasteiger partial charge is 0.393 e. The topological polar surface area (TPSA) is 73.1 Å². The molecule has 0 saturated heterocycles. The summed E-state index contributed by atoms with van der Waals surface area (Å²) in [5, 5.41) is 20.8. The molecule has 102 valence electrons. The van der Waals surface area contributed by atoms with Gasteiger partial charge in [0.25, 0.3) is 0 Å². The van der Waals surface area contributed by atoms with Gasteiger partial charge < -0.3 is 10.4 Å². The number of hydrogen-bond acceptors (Lipinski definition) is 4. The van der Waals surface area contributed by atoms with Gasteiger partial charge in [-0.25, -0.2) is 0 Å². The van der Waals surface area contributed by atoms with Crippen LogP contribution in [-0.4, -0.2) is 29.4 Å². The monoisotopic (exact) mass is 278 g/mol. The van der Waals surface area contributed by atoms with Gasteiger partial charge in [0.15, 0.2) is 0 Å². The smallest absolute Gasteiger partial charge is 0.230 e. The van der Waals surface area contributed by atoms with Gasteiger partial charge in [-0.05, 0) is 37.1 Å². The van der Waals surface area contributed by atoms with Crippen molar-refractivity contribution < 1.29 is 9.90 Å². The Morgan fingerprint density at radius 2 is 2.16 bits per heavy atom. The van der Waals surface area contributed by atoms with Crippen LogP contribution in [0.3, 0.4) is 0 Å². The Kier molecular flexibility index (Phi) is 7.01. The van der Waals surface area contributed by atoms with Gasteiger partial charge in [0.2, 0.25) is 5.91 Å². The number of nitrogens with one attached hydrogen (secondary N) is 1. The van der Waals surface area contributed by atoms with Crippen LogP contribution < -0.4 is 5.32 Å². The van der Waals surface area contributed by atoms with E-state index in [2.05, 4.69) is 11.4 Å². The van der Waals surface area contributed by atoms with Crippen LogP contribution in [0.2, 0.25) is 0 Å². The van der Waals surface area contributed by atoms with Crippen LogP contribution in [0.5, 0.6) is 0 Å². The lowest BCUT2D eigenvalue weighted by Gasteiger charge is -2.08. The zero-order valence-electron chi connectivity index (χ0n) is 10.9. The van der Waals surface area contributed by atoms with E-state index in [4.69, 9.17) is 5.26 Å². The van der Waals surface area contributed by atoms with Crippen molar-refractivity contribution in [2.75, 3.05) is 12.3 Å². The molecule has 0 aliphatic carbocycles. The van der Waals surface area contributed by atoms with E-state index in [0.29, 0.717) is 30.7 Å². The molecule has 1 rings (SSSR count). The molecule has 0 aliphatic heterocycles. The van der Waals surface area contributed by atoms with Gasteiger partial charge in [-0.15, -0.1) is 11.8 Å². The first-order valence-electron chi connectivity index (χ1n) is 6.23. The minimum Gasteiger partial charge on any atom is -0.393 e. The SMILES string of the molecule is CCC(O)CCNC(=O)CSc1ccc(C#N)cc1. The maximum atomic E-state index is 11.5. The molecule has 1 amide bonds. The molecule has 1 aromatic rings. The average molecular weight is 278 g/mol. The van der Waals surface area contributed by atoms with Crippen molar-refractivity contribution in [3.8, 4) is 6.07 Å². The van der Waals surface area contributed by atoms with E-state index in [-0.39, 0.29) is 12.0 Å². The number of nitriles is 1. The molecule has 1 aromatic carbocycles. The molecule has 5 heteroatoms. The van der Waals surface area contributed by atoms with Crippen molar-refractivity contribution >= 4 is 17.7 Å². The van der Waals surface area contributed by atoms with Gasteiger partial charge in [-0.3, -0.25) is 4.79 Å². The molecular formula is C14H18N2O2S. The van der Waals surface area contributed by atoms with Crippen LogP contribution in [-0.2, 0) is 4.79 Å². The van der Waals surface area contributed by atoms with Crippen molar-refractivity contribution in [1.82, 2.24) is 5.32 Å². The standard InChI is InChI=1S/C14H18N2O2S/c1-2-12(17)7-8-16-14(18)10-19-13-5-3-11(9-15)4-6-13/h3-6,12,17H,2,7-8,10H2,1H3,(H,16,18). The Morgan fingerprint density at radius 1 is 1.47 bits per heavy atom. The Labute approximate surface area is 117 Å². The van der Waals surface area contributed by atoms with Crippen LogP contribution in [0.1, 0.15) is 25.3 Å². The van der Waals surface area contributed by atoms with Crippen LogP contribution in [0.15, 0.2) is 29.2 Å². The van der Waals surface area contributed by atoms with Gasteiger partial charge >= 0.3 is 0 Å². The molecule has 1 unspecified atom stereocenters. The molecule has 0 fully saturated rings. The van der Waals surface area contributed by atoms with Crippen LogP contribution in [0, 0.1) is 11.3 Å². The lowest BCUT2D eigenvalue weighted by molar-refractivity contribution is -0.118. The number of aliphatic hydroxyl groups excluding tert-OH is 1. The molecule has 0 radical (unpaired) electrons. The van der Waals surface area contributed by atoms with E-state index < -0.39 is 0 Å². The second kappa shape index (κ2) is 8.57. The van der Waals surface area contributed by atoms with E-state index in [0.717, 1.165) is 4.90 Å². The molecular weight excluding hydrogens is 260 g/mol. The summed E-state index contributed by atoms with van der Waals surface area (Å²) in [5.41, 5.74) is 0.613. The highest BCUT2D eigenvalue weighted by Crippen LogP contribution is 2.17. The third-order valence-corrected chi connectivity index (χ3v) is 3.64. The molecule has 2 N–H and O–H groups in total. The van der Waals surface area contributed by atoms with Crippen LogP contribution >= 0.6 is 11.8 Å². The summed E-state index contributed by atoms with van der Waals surface area (Å²) in [6, 6.07) is 9.18. The second-order valence-corrected chi connectivity index (χ2v) is 5.17. The van der Waals surface area contributed by atoms with Crippen molar-refractivity contribution in [1.29, 1.82) is 5.26 Å². The number of thioether (sulfide) groups is 1. The van der Waals surface area contributed by atoms with Crippen LogP contribution in [0.25, 0.3) is 0 Å². The van der Waals surface area contributed by atoms with E-state index in [1.165, 1.54) is 11.8 Å². The molecule has 0 aliphatic rings. The number of hydrogen-bond donors (Lipinski definition) is 2. The molecule has 0 aromatic heterocycles. The van der Waals surface area contributed by atoms with Crippen LogP contribution in [0.4, 0.5) is 0 Å². The lowest BCUT2D eigenvalue weighted by Crippen LogP contribution is -2.28. The number of carbonyl (C=O) groups is 1. The Bertz CT molecular complexity index is 440. The van der Waals surface area contributed by atoms with Crippen molar-refractivity contribution in [2.24, 2.45) is 0 Å². The highest BCUT2D eigenvalue weighted by molar-refractivity contribution is 8.00. The van der Waals surface area contributed by atoms with E-state index in [9.17, 15) is 9.90 Å². The molecule has 4 nitrogen and oxygen atoms in total. The van der Waals surface area contributed by atoms with Gasteiger partial charge in [-0.2, -0.15) is 5.26 Å². The first kappa shape index (κ1) is 15.5. The Morgan fingerprint density at radius 3 is 2.74 bits per heavy atom. The van der Waals surface area contributed by atoms with E-state index in [1.807, 2.05) is 19.1 Å². The van der Waals surface area contributed by atoms with Gasteiger partial charge in [0.1, 0.15) is 0 Å². The summed E-state index contributed by atoms with van der Waals surface area (Å²) < 4.78 is 0. The summed E-state index contributed by atoms with van der Waals surface area (Å²) >= 11 is 1.43. The number of amides is 1. The first-order chi connectivity index (χ1) is 9.15. The highest BCUT2D eigenvalue weighted by Gasteiger charge is 2.04. The molecule has 0 heterocycles. The fourth-order valence-electron chi connectivity index (χ4n) is 1.41. The number of carbonyl (C=O) groups excluding carboxylic acids is 1. The van der Waals surface area contributed by atoms with Crippen molar-refractivity contribution in [3.05, 3.63) is 29.8 Å². The van der Waals surface area contributed by atoms with Crippen molar-refractivity contribution in [2.45, 2.75) is 30.8 Å². The molecule has 19 heavy (non-hydrogen) atoms. The fourth-order valence-corrected chi connectivity index (χ4v) is 2.14. The third-order valence-electron chi connectivity index (χ3n) is 2.62. The molecule has 0 spiro atoms. The maximum Gasteiger partial charge on any atom is 0.230 e. The second-order valence-electron chi connectivity index (χ2n) is 4.13. The fraction of sp³-hybridized carbons (Fsp3) is 0.429. The summed E-state index contributed by atoms with van der Waals surface area (Å²) in [5.74, 6) is 0.298. The summed E-state index contributed by atoms with van der Waals surface area (Å²) in [4.78, 5) is 12.5. The summed E-state index contributed by atoms with van der Waals surface area (Å²) in [7, 11) is 0.